The second-order valence-electron chi connectivity index (χ2n) is 4.62. The maximum Gasteiger partial charge on any atom is 0.325 e. The lowest BCUT2D eigenvalue weighted by molar-refractivity contribution is -0.137. The summed E-state index contributed by atoms with van der Waals surface area (Å²) in [6.45, 7) is 3.41. The van der Waals surface area contributed by atoms with Crippen molar-refractivity contribution in [2.24, 2.45) is 5.92 Å². The van der Waals surface area contributed by atoms with Crippen LogP contribution in [0.1, 0.15) is 6.92 Å². The molecule has 2 rings (SSSR count). The fraction of sp³-hybridized carbons (Fsp3) is 0.583. The molecule has 0 radical (unpaired) electrons. The number of anilines is 1. The summed E-state index contributed by atoms with van der Waals surface area (Å²) in [7, 11) is 0. The summed E-state index contributed by atoms with van der Waals surface area (Å²) in [5.41, 5.74) is 0.485. The van der Waals surface area contributed by atoms with Gasteiger partial charge in [-0.15, -0.1) is 0 Å². The van der Waals surface area contributed by atoms with Gasteiger partial charge >= 0.3 is 5.97 Å². The molecule has 110 valence electrons. The average molecular weight is 282 g/mol. The Morgan fingerprint density at radius 1 is 1.55 bits per heavy atom. The molecule has 0 aromatic carbocycles. The quantitative estimate of drug-likeness (QED) is 0.651. The van der Waals surface area contributed by atoms with Crippen molar-refractivity contribution in [3.8, 4) is 0 Å². The highest BCUT2D eigenvalue weighted by atomic mass is 16.5. The molecular weight excluding hydrogens is 264 g/mol. The topological polar surface area (TPSA) is 105 Å². The highest BCUT2D eigenvalue weighted by Crippen LogP contribution is 2.16. The van der Waals surface area contributed by atoms with Gasteiger partial charge in [0, 0.05) is 12.2 Å². The Hall–Kier alpha value is -1.93. The predicted octanol–water partition coefficient (Wildman–Crippen LogP) is -0.469. The molecule has 8 nitrogen and oxygen atoms in total. The van der Waals surface area contributed by atoms with E-state index in [0.29, 0.717) is 18.9 Å². The van der Waals surface area contributed by atoms with Crippen LogP contribution in [-0.2, 0) is 20.9 Å². The molecule has 1 aliphatic heterocycles. The number of hydrogen-bond donors (Lipinski definition) is 3. The third kappa shape index (κ3) is 3.55. The number of carboxylic acid groups (broad SMARTS) is 1. The van der Waals surface area contributed by atoms with Crippen LogP contribution in [0.5, 0.6) is 0 Å². The maximum absolute atomic E-state index is 12.1. The highest BCUT2D eigenvalue weighted by molar-refractivity contribution is 5.93. The van der Waals surface area contributed by atoms with Gasteiger partial charge in [-0.1, -0.05) is 6.92 Å². The number of carboxylic acids is 1. The number of nitrogens with one attached hydrogen (secondary N) is 2. The molecular formula is C12H18N4O4. The van der Waals surface area contributed by atoms with E-state index in [1.165, 1.54) is 17.1 Å². The molecule has 0 spiro atoms. The number of ether oxygens (including phenoxy) is 1. The number of amides is 1. The lowest BCUT2D eigenvalue weighted by Gasteiger charge is -2.17. The lowest BCUT2D eigenvalue weighted by Crippen LogP contribution is -2.41. The van der Waals surface area contributed by atoms with E-state index in [0.717, 1.165) is 6.54 Å². The van der Waals surface area contributed by atoms with Gasteiger partial charge in [0.2, 0.25) is 5.91 Å². The van der Waals surface area contributed by atoms with Crippen molar-refractivity contribution in [2.45, 2.75) is 19.5 Å². The van der Waals surface area contributed by atoms with E-state index in [-0.39, 0.29) is 24.4 Å². The number of carbonyl (C=O) groups excluding carboxylic acids is 1. The number of aromatic nitrogens is 2. The van der Waals surface area contributed by atoms with Gasteiger partial charge in [-0.2, -0.15) is 5.10 Å². The van der Waals surface area contributed by atoms with Crippen molar-refractivity contribution >= 4 is 17.6 Å². The first kappa shape index (κ1) is 14.5. The van der Waals surface area contributed by atoms with E-state index < -0.39 is 5.97 Å². The largest absolute Gasteiger partial charge is 0.480 e. The molecule has 1 aliphatic rings. The zero-order valence-corrected chi connectivity index (χ0v) is 11.2. The molecule has 3 N–H and O–H groups in total. The molecule has 0 aliphatic carbocycles. The lowest BCUT2D eigenvalue weighted by atomic mass is 10.0. The van der Waals surface area contributed by atoms with Crippen molar-refractivity contribution in [1.29, 1.82) is 0 Å². The van der Waals surface area contributed by atoms with Gasteiger partial charge in [-0.05, 0) is 6.54 Å². The van der Waals surface area contributed by atoms with Gasteiger partial charge in [0.25, 0.3) is 0 Å². The molecule has 0 saturated carbocycles. The van der Waals surface area contributed by atoms with Crippen molar-refractivity contribution < 1.29 is 19.4 Å². The van der Waals surface area contributed by atoms with Gasteiger partial charge in [-0.25, -0.2) is 0 Å². The van der Waals surface area contributed by atoms with Crippen LogP contribution < -0.4 is 10.6 Å². The van der Waals surface area contributed by atoms with Gasteiger partial charge in [0.05, 0.1) is 31.0 Å². The van der Waals surface area contributed by atoms with Crippen LogP contribution in [0.15, 0.2) is 12.4 Å². The van der Waals surface area contributed by atoms with E-state index in [1.807, 2.05) is 6.92 Å². The third-order valence-corrected chi connectivity index (χ3v) is 3.08. The van der Waals surface area contributed by atoms with Gasteiger partial charge in [0.1, 0.15) is 6.54 Å². The van der Waals surface area contributed by atoms with Crippen LogP contribution in [0, 0.1) is 5.92 Å². The maximum atomic E-state index is 12.1. The summed E-state index contributed by atoms with van der Waals surface area (Å²) in [5, 5.41) is 18.5. The average Bonchev–Trinajstić information content (AvgIpc) is 2.98. The second-order valence-corrected chi connectivity index (χ2v) is 4.62. The molecule has 1 fully saturated rings. The SMILES string of the molecule is CCNC1COCC1C(=O)Nc1cnn(CC(=O)O)c1. The molecule has 1 saturated heterocycles. The number of hydrogen-bond acceptors (Lipinski definition) is 5. The van der Waals surface area contributed by atoms with E-state index in [2.05, 4.69) is 15.7 Å². The smallest absolute Gasteiger partial charge is 0.325 e. The minimum absolute atomic E-state index is 0.00839. The number of rotatable bonds is 6. The Kier molecular flexibility index (Phi) is 4.70. The molecule has 2 heterocycles. The molecule has 8 heteroatoms. The highest BCUT2D eigenvalue weighted by Gasteiger charge is 2.33. The van der Waals surface area contributed by atoms with Gasteiger partial charge in [0.15, 0.2) is 0 Å². The zero-order valence-electron chi connectivity index (χ0n) is 11.2. The molecule has 1 amide bonds. The fourth-order valence-electron chi connectivity index (χ4n) is 2.16. The second kappa shape index (κ2) is 6.49. The summed E-state index contributed by atoms with van der Waals surface area (Å²) in [5.74, 6) is -1.39. The van der Waals surface area contributed by atoms with E-state index in [4.69, 9.17) is 9.84 Å². The predicted molar refractivity (Wildman–Crippen MR) is 70.3 cm³/mol. The van der Waals surface area contributed by atoms with Gasteiger partial charge in [-0.3, -0.25) is 14.3 Å². The van der Waals surface area contributed by atoms with Crippen molar-refractivity contribution in [3.63, 3.8) is 0 Å². The third-order valence-electron chi connectivity index (χ3n) is 3.08. The first-order valence-corrected chi connectivity index (χ1v) is 6.46. The van der Waals surface area contributed by atoms with Crippen molar-refractivity contribution in [3.05, 3.63) is 12.4 Å². The fourth-order valence-corrected chi connectivity index (χ4v) is 2.16. The molecule has 1 aromatic rings. The molecule has 2 unspecified atom stereocenters. The Morgan fingerprint density at radius 3 is 3.05 bits per heavy atom. The van der Waals surface area contributed by atoms with Crippen LogP contribution in [-0.4, -0.2) is 52.6 Å². The van der Waals surface area contributed by atoms with Crippen LogP contribution in [0.25, 0.3) is 0 Å². The normalized spacial score (nSPS) is 21.9. The first-order chi connectivity index (χ1) is 9.60. The molecule has 1 aromatic heterocycles. The zero-order chi connectivity index (χ0) is 14.5. The Bertz CT molecular complexity index is 488. The Labute approximate surface area is 116 Å². The van der Waals surface area contributed by atoms with Crippen LogP contribution in [0.3, 0.4) is 0 Å². The molecule has 20 heavy (non-hydrogen) atoms. The first-order valence-electron chi connectivity index (χ1n) is 6.46. The van der Waals surface area contributed by atoms with E-state index in [1.54, 1.807) is 0 Å². The number of carbonyl (C=O) groups is 2. The number of nitrogens with zero attached hydrogens (tertiary/aromatic N) is 2. The Morgan fingerprint density at radius 2 is 2.35 bits per heavy atom. The number of likely N-dealkylation sites (N-methyl/N-ethyl adjacent to an activating group) is 1. The van der Waals surface area contributed by atoms with Crippen LogP contribution in [0.4, 0.5) is 5.69 Å². The van der Waals surface area contributed by atoms with Crippen LogP contribution in [0.2, 0.25) is 0 Å². The van der Waals surface area contributed by atoms with Crippen molar-refractivity contribution in [1.82, 2.24) is 15.1 Å². The van der Waals surface area contributed by atoms with Crippen molar-refractivity contribution in [2.75, 3.05) is 25.1 Å². The summed E-state index contributed by atoms with van der Waals surface area (Å²) in [6, 6.07) is 0.00839. The van der Waals surface area contributed by atoms with E-state index >= 15 is 0 Å². The van der Waals surface area contributed by atoms with Crippen LogP contribution >= 0.6 is 0 Å². The monoisotopic (exact) mass is 282 g/mol. The minimum atomic E-state index is -0.984. The standard InChI is InChI=1S/C12H18N4O4/c1-2-13-10-7-20-6-9(10)12(19)15-8-3-14-16(4-8)5-11(17)18/h3-4,9-10,13H,2,5-7H2,1H3,(H,15,19)(H,17,18). The number of aliphatic carboxylic acids is 1. The summed E-state index contributed by atoms with van der Waals surface area (Å²) in [6.07, 6.45) is 2.92. The van der Waals surface area contributed by atoms with Gasteiger partial charge < -0.3 is 20.5 Å². The Balaban J connectivity index is 1.93. The summed E-state index contributed by atoms with van der Waals surface area (Å²) >= 11 is 0. The summed E-state index contributed by atoms with van der Waals surface area (Å²) < 4.78 is 6.57. The minimum Gasteiger partial charge on any atom is -0.480 e. The summed E-state index contributed by atoms with van der Waals surface area (Å²) in [4.78, 5) is 22.7. The molecule has 0 bridgehead atoms. The van der Waals surface area contributed by atoms with E-state index in [9.17, 15) is 9.59 Å². The molecule has 2 atom stereocenters.